The zero-order valence-corrected chi connectivity index (χ0v) is 19.9. The summed E-state index contributed by atoms with van der Waals surface area (Å²) in [5.74, 6) is 0.527. The van der Waals surface area contributed by atoms with E-state index >= 15 is 0 Å². The Morgan fingerprint density at radius 3 is 2.61 bits per heavy atom. The number of hydrogen-bond acceptors (Lipinski definition) is 7. The van der Waals surface area contributed by atoms with E-state index in [1.54, 1.807) is 23.6 Å². The predicted octanol–water partition coefficient (Wildman–Crippen LogP) is 5.33. The van der Waals surface area contributed by atoms with Crippen LogP contribution >= 0.6 is 11.3 Å². The predicted molar refractivity (Wildman–Crippen MR) is 129 cm³/mol. The average Bonchev–Trinajstić information content (AvgIpc) is 3.55. The molecule has 0 radical (unpaired) electrons. The number of benzene rings is 3. The molecule has 0 atom stereocenters. The summed E-state index contributed by atoms with van der Waals surface area (Å²) in [7, 11) is 1.49. The second-order valence-corrected chi connectivity index (χ2v) is 8.70. The van der Waals surface area contributed by atoms with Gasteiger partial charge in [-0.3, -0.25) is 4.79 Å². The Balaban J connectivity index is 1.24. The number of amides is 1. The zero-order valence-electron chi connectivity index (χ0n) is 19.0. The minimum absolute atomic E-state index is 0.0324. The Labute approximate surface area is 209 Å². The van der Waals surface area contributed by atoms with Gasteiger partial charge in [-0.25, -0.2) is 13.8 Å². The van der Waals surface area contributed by atoms with Crippen LogP contribution in [-0.2, 0) is 13.2 Å². The molecule has 0 saturated heterocycles. The van der Waals surface area contributed by atoms with Crippen LogP contribution in [0.25, 0.3) is 10.6 Å². The molecule has 2 heterocycles. The number of fused-ring (bicyclic) bond motifs is 1. The molecule has 7 nitrogen and oxygen atoms in total. The summed E-state index contributed by atoms with van der Waals surface area (Å²) < 4.78 is 48.6. The van der Waals surface area contributed by atoms with Crippen LogP contribution in [0, 0.1) is 11.6 Å². The van der Waals surface area contributed by atoms with E-state index in [1.165, 1.54) is 30.6 Å². The number of carbonyl (C=O) groups is 1. The molecule has 1 aliphatic rings. The van der Waals surface area contributed by atoms with Crippen LogP contribution < -0.4 is 24.3 Å². The number of thiazole rings is 1. The Morgan fingerprint density at radius 2 is 1.81 bits per heavy atom. The minimum Gasteiger partial charge on any atom is -0.493 e. The minimum atomic E-state index is -0.671. The van der Waals surface area contributed by atoms with Crippen molar-refractivity contribution in [2.75, 3.05) is 13.9 Å². The molecule has 4 aromatic rings. The molecule has 0 unspecified atom stereocenters. The number of methoxy groups -OCH3 is 1. The van der Waals surface area contributed by atoms with E-state index in [4.69, 9.17) is 18.9 Å². The standard InChI is InChI=1S/C26H20F2N2O5S/c1-32-23-9-17(3-5-21(23)33-12-16-6-18(27)10-19(28)7-16)26-30-20(13-36-26)25(31)29-11-15-2-4-22-24(8-15)35-14-34-22/h2-10,13H,11-12,14H2,1H3,(H,29,31). The van der Waals surface area contributed by atoms with Crippen LogP contribution in [0.1, 0.15) is 21.6 Å². The molecule has 3 aromatic carbocycles. The zero-order chi connectivity index (χ0) is 25.1. The van der Waals surface area contributed by atoms with E-state index in [0.29, 0.717) is 45.8 Å². The van der Waals surface area contributed by atoms with Crippen molar-refractivity contribution in [2.24, 2.45) is 0 Å². The van der Waals surface area contributed by atoms with E-state index in [1.807, 2.05) is 18.2 Å². The Bertz CT molecular complexity index is 1410. The molecule has 0 spiro atoms. The van der Waals surface area contributed by atoms with Crippen molar-refractivity contribution in [3.8, 4) is 33.6 Å². The summed E-state index contributed by atoms with van der Waals surface area (Å²) in [6, 6.07) is 13.9. The molecule has 0 saturated carbocycles. The number of ether oxygens (including phenoxy) is 4. The molecule has 1 N–H and O–H groups in total. The van der Waals surface area contributed by atoms with E-state index < -0.39 is 11.6 Å². The number of nitrogens with one attached hydrogen (secondary N) is 1. The molecular formula is C26H20F2N2O5S. The van der Waals surface area contributed by atoms with Gasteiger partial charge in [-0.1, -0.05) is 6.07 Å². The van der Waals surface area contributed by atoms with Crippen molar-refractivity contribution in [1.82, 2.24) is 10.3 Å². The highest BCUT2D eigenvalue weighted by molar-refractivity contribution is 7.13. The SMILES string of the molecule is COc1cc(-c2nc(C(=O)NCc3ccc4c(c3)OCO4)cs2)ccc1OCc1cc(F)cc(F)c1. The van der Waals surface area contributed by atoms with Gasteiger partial charge < -0.3 is 24.3 Å². The Morgan fingerprint density at radius 1 is 1.00 bits per heavy atom. The Hall–Kier alpha value is -4.18. The first-order valence-corrected chi connectivity index (χ1v) is 11.7. The lowest BCUT2D eigenvalue weighted by Gasteiger charge is -2.12. The molecule has 184 valence electrons. The van der Waals surface area contributed by atoms with Gasteiger partial charge in [0, 0.05) is 23.6 Å². The maximum atomic E-state index is 13.4. The largest absolute Gasteiger partial charge is 0.493 e. The topological polar surface area (TPSA) is 78.9 Å². The number of carbonyl (C=O) groups excluding carboxylic acids is 1. The van der Waals surface area contributed by atoms with Crippen LogP contribution in [-0.4, -0.2) is 24.8 Å². The second-order valence-electron chi connectivity index (χ2n) is 7.84. The number of halogens is 2. The summed E-state index contributed by atoms with van der Waals surface area (Å²) in [6.45, 7) is 0.477. The summed E-state index contributed by atoms with van der Waals surface area (Å²) in [6.07, 6.45) is 0. The fraction of sp³-hybridized carbons (Fsp3) is 0.154. The first kappa shape index (κ1) is 23.6. The highest BCUT2D eigenvalue weighted by Crippen LogP contribution is 2.35. The number of rotatable bonds is 8. The summed E-state index contributed by atoms with van der Waals surface area (Å²) in [5.41, 5.74) is 2.26. The van der Waals surface area contributed by atoms with Crippen molar-refractivity contribution in [3.63, 3.8) is 0 Å². The highest BCUT2D eigenvalue weighted by atomic mass is 32.1. The summed E-state index contributed by atoms with van der Waals surface area (Å²) in [4.78, 5) is 17.1. The molecule has 1 aliphatic heterocycles. The third-order valence-corrected chi connectivity index (χ3v) is 6.25. The van der Waals surface area contributed by atoms with Crippen LogP contribution in [0.5, 0.6) is 23.0 Å². The van der Waals surface area contributed by atoms with Crippen molar-refractivity contribution >= 4 is 17.2 Å². The quantitative estimate of drug-likeness (QED) is 0.345. The van der Waals surface area contributed by atoms with Crippen LogP contribution in [0.2, 0.25) is 0 Å². The molecule has 1 aromatic heterocycles. The molecule has 1 amide bonds. The first-order chi connectivity index (χ1) is 17.5. The number of nitrogens with zero attached hydrogens (tertiary/aromatic N) is 1. The Kier molecular flexibility index (Phi) is 6.68. The summed E-state index contributed by atoms with van der Waals surface area (Å²) in [5, 5.41) is 5.16. The van der Waals surface area contributed by atoms with Crippen LogP contribution in [0.15, 0.2) is 60.0 Å². The lowest BCUT2D eigenvalue weighted by atomic mass is 10.2. The fourth-order valence-corrected chi connectivity index (χ4v) is 4.41. The molecule has 36 heavy (non-hydrogen) atoms. The average molecular weight is 511 g/mol. The van der Waals surface area contributed by atoms with Crippen molar-refractivity contribution in [1.29, 1.82) is 0 Å². The van der Waals surface area contributed by atoms with Gasteiger partial charge in [0.1, 0.15) is 28.9 Å². The maximum Gasteiger partial charge on any atom is 0.271 e. The van der Waals surface area contributed by atoms with E-state index in [9.17, 15) is 13.6 Å². The van der Waals surface area contributed by atoms with Gasteiger partial charge in [-0.05, 0) is 53.6 Å². The highest BCUT2D eigenvalue weighted by Gasteiger charge is 2.16. The smallest absolute Gasteiger partial charge is 0.271 e. The third-order valence-electron chi connectivity index (χ3n) is 5.35. The normalized spacial score (nSPS) is 11.9. The molecule has 0 aliphatic carbocycles. The molecule has 0 bridgehead atoms. The van der Waals surface area contributed by atoms with Gasteiger partial charge in [0.25, 0.3) is 5.91 Å². The van der Waals surface area contributed by atoms with Gasteiger partial charge in [-0.2, -0.15) is 0 Å². The fourth-order valence-electron chi connectivity index (χ4n) is 3.61. The number of aromatic nitrogens is 1. The second kappa shape index (κ2) is 10.2. The van der Waals surface area contributed by atoms with E-state index in [2.05, 4.69) is 10.3 Å². The van der Waals surface area contributed by atoms with Crippen molar-refractivity contribution in [2.45, 2.75) is 13.2 Å². The molecule has 10 heteroatoms. The maximum absolute atomic E-state index is 13.4. The van der Waals surface area contributed by atoms with Crippen LogP contribution in [0.4, 0.5) is 8.78 Å². The lowest BCUT2D eigenvalue weighted by Crippen LogP contribution is -2.23. The third kappa shape index (κ3) is 5.23. The summed E-state index contributed by atoms with van der Waals surface area (Å²) >= 11 is 1.32. The lowest BCUT2D eigenvalue weighted by molar-refractivity contribution is 0.0946. The molecule has 0 fully saturated rings. The number of hydrogen-bond donors (Lipinski definition) is 1. The van der Waals surface area contributed by atoms with Gasteiger partial charge in [0.05, 0.1) is 7.11 Å². The first-order valence-electron chi connectivity index (χ1n) is 10.9. The molecule has 5 rings (SSSR count). The molecular weight excluding hydrogens is 490 g/mol. The van der Waals surface area contributed by atoms with Gasteiger partial charge >= 0.3 is 0 Å². The van der Waals surface area contributed by atoms with E-state index in [-0.39, 0.29) is 19.3 Å². The van der Waals surface area contributed by atoms with Gasteiger partial charge in [0.15, 0.2) is 23.0 Å². The van der Waals surface area contributed by atoms with Gasteiger partial charge in [0.2, 0.25) is 6.79 Å². The van der Waals surface area contributed by atoms with Crippen LogP contribution in [0.3, 0.4) is 0 Å². The van der Waals surface area contributed by atoms with Crippen molar-refractivity contribution < 1.29 is 32.5 Å². The monoisotopic (exact) mass is 510 g/mol. The van der Waals surface area contributed by atoms with Gasteiger partial charge in [-0.15, -0.1) is 11.3 Å². The van der Waals surface area contributed by atoms with Crippen molar-refractivity contribution in [3.05, 3.63) is 88.4 Å². The van der Waals surface area contributed by atoms with E-state index in [0.717, 1.165) is 17.2 Å².